The molecule has 2 aromatic heterocycles. The molecule has 1 amide bonds. The molecule has 2 N–H and O–H groups in total. The van der Waals surface area contributed by atoms with E-state index in [0.29, 0.717) is 26.7 Å². The summed E-state index contributed by atoms with van der Waals surface area (Å²) in [5, 5.41) is 23.9. The van der Waals surface area contributed by atoms with Gasteiger partial charge >= 0.3 is 5.69 Å². The van der Waals surface area contributed by atoms with Gasteiger partial charge in [-0.2, -0.15) is 10.2 Å². The van der Waals surface area contributed by atoms with Gasteiger partial charge in [0, 0.05) is 30.1 Å². The Hall–Kier alpha value is -3.77. The number of aliphatic hydroxyl groups is 1. The number of anilines is 1. The molecule has 1 unspecified atom stereocenters. The number of aliphatic hydroxyl groups excluding tert-OH is 1. The van der Waals surface area contributed by atoms with Crippen LogP contribution in [-0.4, -0.2) is 46.2 Å². The summed E-state index contributed by atoms with van der Waals surface area (Å²) in [6.07, 6.45) is 0.379. The molecule has 0 radical (unpaired) electrons. The van der Waals surface area contributed by atoms with Crippen molar-refractivity contribution in [2.24, 2.45) is 10.2 Å². The van der Waals surface area contributed by atoms with Gasteiger partial charge < -0.3 is 15.2 Å². The summed E-state index contributed by atoms with van der Waals surface area (Å²) < 4.78 is 7.61. The van der Waals surface area contributed by atoms with E-state index in [-0.39, 0.29) is 18.0 Å². The van der Waals surface area contributed by atoms with Crippen LogP contribution in [0.3, 0.4) is 0 Å². The SMILES string of the molecule is C=NN(/N=C\C)c1sc2c(c1C)c(=O)n(C(C)C(=O)NC(C)C)c(=O)n2C[C@H](O)c1ccccc1OC. The summed E-state index contributed by atoms with van der Waals surface area (Å²) in [6, 6.07) is 5.66. The van der Waals surface area contributed by atoms with Crippen molar-refractivity contribution >= 4 is 45.4 Å². The fraction of sp³-hybridized carbons (Fsp3) is 0.400. The van der Waals surface area contributed by atoms with Crippen molar-refractivity contribution in [3.8, 4) is 5.75 Å². The Morgan fingerprint density at radius 3 is 2.57 bits per heavy atom. The lowest BCUT2D eigenvalue weighted by molar-refractivity contribution is -0.124. The Bertz CT molecular complexity index is 1450. The topological polar surface area (TPSA) is 131 Å². The molecule has 12 heteroatoms. The standard InChI is InChI=1S/C25H32N6O5S/c1-8-27-31(26-6)23-15(4)20-22(34)30(16(5)21(33)28-14(2)3)25(35)29(24(20)37-23)13-18(32)17-11-9-10-12-19(17)36-7/h8-12,14,16,18,32H,6,13H2,1-5,7H3,(H,28,33)/b27-8-/t16?,18-/m0/s1. The zero-order valence-corrected chi connectivity index (χ0v) is 22.6. The van der Waals surface area contributed by atoms with Gasteiger partial charge in [-0.3, -0.25) is 14.2 Å². The number of hydrazone groups is 2. The van der Waals surface area contributed by atoms with Gasteiger partial charge in [-0.05, 0) is 40.7 Å². The smallest absolute Gasteiger partial charge is 0.332 e. The van der Waals surface area contributed by atoms with E-state index in [0.717, 1.165) is 15.9 Å². The van der Waals surface area contributed by atoms with E-state index < -0.39 is 29.3 Å². The maximum atomic E-state index is 13.8. The lowest BCUT2D eigenvalue weighted by Gasteiger charge is -2.20. The number of ether oxygens (including phenoxy) is 1. The molecular weight excluding hydrogens is 496 g/mol. The number of hydrogen-bond donors (Lipinski definition) is 2. The number of thiophene rings is 1. The van der Waals surface area contributed by atoms with Crippen molar-refractivity contribution in [3.05, 3.63) is 56.2 Å². The summed E-state index contributed by atoms with van der Waals surface area (Å²) in [7, 11) is 1.49. The maximum Gasteiger partial charge on any atom is 0.332 e. The molecule has 37 heavy (non-hydrogen) atoms. The van der Waals surface area contributed by atoms with E-state index in [1.54, 1.807) is 52.0 Å². The van der Waals surface area contributed by atoms with E-state index in [1.165, 1.54) is 29.9 Å². The predicted octanol–water partition coefficient (Wildman–Crippen LogP) is 2.79. The lowest BCUT2D eigenvalue weighted by atomic mass is 10.1. The Morgan fingerprint density at radius 2 is 1.97 bits per heavy atom. The number of nitrogens with zero attached hydrogens (tertiary/aromatic N) is 5. The highest BCUT2D eigenvalue weighted by Gasteiger charge is 2.28. The average molecular weight is 529 g/mol. The van der Waals surface area contributed by atoms with Crippen LogP contribution in [0.25, 0.3) is 10.2 Å². The number of carbonyl (C=O) groups excluding carboxylic acids is 1. The Balaban J connectivity index is 2.32. The molecule has 0 saturated heterocycles. The molecule has 1 aromatic carbocycles. The highest BCUT2D eigenvalue weighted by molar-refractivity contribution is 7.22. The van der Waals surface area contributed by atoms with Crippen LogP contribution in [-0.2, 0) is 11.3 Å². The first kappa shape index (κ1) is 27.8. The highest BCUT2D eigenvalue weighted by atomic mass is 32.1. The first-order valence-electron chi connectivity index (χ1n) is 11.7. The molecule has 11 nitrogen and oxygen atoms in total. The van der Waals surface area contributed by atoms with Gasteiger partial charge in [0.15, 0.2) is 0 Å². The van der Waals surface area contributed by atoms with E-state index in [2.05, 4.69) is 22.2 Å². The molecule has 3 rings (SSSR count). The number of aromatic nitrogens is 2. The average Bonchev–Trinajstić information content (AvgIpc) is 3.21. The largest absolute Gasteiger partial charge is 0.496 e. The van der Waals surface area contributed by atoms with Gasteiger partial charge in [0.25, 0.3) is 5.56 Å². The molecule has 2 heterocycles. The van der Waals surface area contributed by atoms with Crippen molar-refractivity contribution in [2.75, 3.05) is 12.2 Å². The maximum absolute atomic E-state index is 13.8. The van der Waals surface area contributed by atoms with Gasteiger partial charge in [0.2, 0.25) is 5.91 Å². The van der Waals surface area contributed by atoms with Crippen LogP contribution in [0.5, 0.6) is 5.75 Å². The lowest BCUT2D eigenvalue weighted by Crippen LogP contribution is -2.47. The van der Waals surface area contributed by atoms with Crippen molar-refractivity contribution in [2.45, 2.75) is 59.4 Å². The zero-order chi connectivity index (χ0) is 27.4. The minimum atomic E-state index is -1.14. The molecule has 0 saturated carbocycles. The zero-order valence-electron chi connectivity index (χ0n) is 21.8. The van der Waals surface area contributed by atoms with Crippen molar-refractivity contribution in [1.82, 2.24) is 14.5 Å². The first-order chi connectivity index (χ1) is 17.6. The number of carbonyl (C=O) groups is 1. The highest BCUT2D eigenvalue weighted by Crippen LogP contribution is 2.37. The Kier molecular flexibility index (Phi) is 8.66. The second kappa shape index (κ2) is 11.5. The van der Waals surface area contributed by atoms with Crippen LogP contribution in [0.1, 0.15) is 51.0 Å². The molecule has 0 spiro atoms. The quantitative estimate of drug-likeness (QED) is 0.307. The molecule has 2 atom stereocenters. The summed E-state index contributed by atoms with van der Waals surface area (Å²) in [5.41, 5.74) is -0.331. The number of para-hydroxylation sites is 1. The minimum Gasteiger partial charge on any atom is -0.496 e. The van der Waals surface area contributed by atoms with Crippen LogP contribution in [0.2, 0.25) is 0 Å². The van der Waals surface area contributed by atoms with Crippen LogP contribution in [0, 0.1) is 6.92 Å². The van der Waals surface area contributed by atoms with E-state index in [4.69, 9.17) is 4.74 Å². The van der Waals surface area contributed by atoms with E-state index in [1.807, 2.05) is 0 Å². The van der Waals surface area contributed by atoms with Gasteiger partial charge in [-0.25, -0.2) is 9.36 Å². The fourth-order valence-electron chi connectivity index (χ4n) is 4.04. The van der Waals surface area contributed by atoms with Gasteiger partial charge in [-0.1, -0.05) is 29.5 Å². The van der Waals surface area contributed by atoms with Gasteiger partial charge in [-0.15, -0.1) is 5.12 Å². The third-order valence-corrected chi connectivity index (χ3v) is 7.09. The predicted molar refractivity (Wildman–Crippen MR) is 147 cm³/mol. The second-order valence-electron chi connectivity index (χ2n) is 8.68. The third-order valence-electron chi connectivity index (χ3n) is 5.81. The number of hydrogen-bond acceptors (Lipinski definition) is 9. The van der Waals surface area contributed by atoms with Crippen molar-refractivity contribution in [1.29, 1.82) is 0 Å². The Morgan fingerprint density at radius 1 is 1.30 bits per heavy atom. The molecule has 0 aliphatic carbocycles. The molecule has 0 bridgehead atoms. The fourth-order valence-corrected chi connectivity index (χ4v) is 5.27. The second-order valence-corrected chi connectivity index (χ2v) is 9.66. The number of aryl methyl sites for hydroxylation is 1. The first-order valence-corrected chi connectivity index (χ1v) is 12.5. The Labute approximate surface area is 218 Å². The normalized spacial score (nSPS) is 13.2. The van der Waals surface area contributed by atoms with Crippen molar-refractivity contribution in [3.63, 3.8) is 0 Å². The van der Waals surface area contributed by atoms with Crippen molar-refractivity contribution < 1.29 is 14.6 Å². The summed E-state index contributed by atoms with van der Waals surface area (Å²) in [5.74, 6) is -0.0110. The number of rotatable bonds is 10. The van der Waals surface area contributed by atoms with Gasteiger partial charge in [0.05, 0.1) is 19.0 Å². The van der Waals surface area contributed by atoms with E-state index >= 15 is 0 Å². The number of amides is 1. The van der Waals surface area contributed by atoms with Gasteiger partial charge in [0.1, 0.15) is 27.7 Å². The number of fused-ring (bicyclic) bond motifs is 1. The summed E-state index contributed by atoms with van der Waals surface area (Å²) in [4.78, 5) is 40.6. The number of methoxy groups -OCH3 is 1. The number of nitrogens with one attached hydrogen (secondary N) is 1. The van der Waals surface area contributed by atoms with Crippen LogP contribution < -0.4 is 26.4 Å². The molecule has 0 fully saturated rings. The van der Waals surface area contributed by atoms with Crippen LogP contribution in [0.4, 0.5) is 5.00 Å². The monoisotopic (exact) mass is 528 g/mol. The van der Waals surface area contributed by atoms with Crippen LogP contribution in [0.15, 0.2) is 44.1 Å². The minimum absolute atomic E-state index is 0.183. The summed E-state index contributed by atoms with van der Waals surface area (Å²) >= 11 is 1.12. The molecule has 198 valence electrons. The molecule has 3 aromatic rings. The third kappa shape index (κ3) is 5.35. The molecule has 0 aliphatic rings. The van der Waals surface area contributed by atoms with E-state index in [9.17, 15) is 19.5 Å². The molecular formula is C25H32N6O5S. The van der Waals surface area contributed by atoms with Crippen LogP contribution >= 0.6 is 11.3 Å². The number of benzene rings is 1. The summed E-state index contributed by atoms with van der Waals surface area (Å²) in [6.45, 7) is 11.9. The molecule has 0 aliphatic heterocycles.